The first kappa shape index (κ1) is 61.0. The van der Waals surface area contributed by atoms with Crippen molar-refractivity contribution in [2.75, 3.05) is 0 Å². The third-order valence-electron chi connectivity index (χ3n) is 16.9. The van der Waals surface area contributed by atoms with Crippen LogP contribution in [0, 0.1) is 24.7 Å². The molecule has 2 aliphatic rings. The van der Waals surface area contributed by atoms with E-state index in [0.717, 1.165) is 11.1 Å². The van der Waals surface area contributed by atoms with E-state index in [4.69, 9.17) is 12.8 Å². The summed E-state index contributed by atoms with van der Waals surface area (Å²) < 4.78 is 0. The first-order valence-electron chi connectivity index (χ1n) is 29.2. The van der Waals surface area contributed by atoms with E-state index >= 15 is 0 Å². The second-order valence-corrected chi connectivity index (χ2v) is 26.5. The maximum atomic E-state index is 7.66. The summed E-state index contributed by atoms with van der Waals surface area (Å²) in [6.07, 6.45) is 15.2. The molecule has 0 saturated carbocycles. The van der Waals surface area contributed by atoms with Crippen LogP contribution in [0.3, 0.4) is 0 Å². The predicted molar refractivity (Wildman–Crippen MR) is 367 cm³/mol. The van der Waals surface area contributed by atoms with Crippen LogP contribution in [0.4, 0.5) is 0 Å². The van der Waals surface area contributed by atoms with Gasteiger partial charge >= 0.3 is 44.8 Å². The van der Waals surface area contributed by atoms with E-state index in [1.165, 1.54) is 98.6 Å². The van der Waals surface area contributed by atoms with Crippen molar-refractivity contribution in [3.05, 3.63) is 420 Å². The Morgan fingerprint density at radius 2 is 0.489 bits per heavy atom. The standard InChI is InChI=1S/C30H24P2.2C27H17.2Au/c1-5-15-25(16-6-1)31(26-17-7-2-8-18-26)29-23-13-14-24-30(29)32(27-19-9-3-10-20-27)28-21-11-4-12-22-28;1-2-20-17-18-26-24(19-20)23-15-9-10-16-25(23)27(26,21-11-5-3-6-12-21)22-13-7-4-8-14-22;1-2-20-17-18-24-23-15-9-10-16-25(23)27(26(24)19-20,21-11-5-3-6-12-21)22-13-7-4-8-14-22;;/h1-24H;2*3-19H;;/q;2*-1;2*+1/p+2. The van der Waals surface area contributed by atoms with Gasteiger partial charge in [0.2, 0.25) is 0 Å². The molecule has 0 heterocycles. The van der Waals surface area contributed by atoms with E-state index in [9.17, 15) is 0 Å². The van der Waals surface area contributed by atoms with Crippen molar-refractivity contribution in [1.82, 2.24) is 0 Å². The zero-order valence-corrected chi connectivity index (χ0v) is 54.4. The SMILES string of the molecule is [Au+].[Au+].[C-]#Cc1ccc2c(c1)-c1ccccc1C2(c1ccccc1)c1ccccc1.[C-]#Cc1ccc2c(c1)C(c1ccccc1)(c1ccccc1)c1ccccc1-2.c1ccc([PH+](c2ccccc2)c2ccccc2[PH+](c2ccccc2)c2ccccc2)cc1. The van der Waals surface area contributed by atoms with E-state index in [-0.39, 0.29) is 55.6 Å². The minimum Gasteiger partial charge on any atom is -0.366 e. The molecule has 2 aliphatic carbocycles. The molecule has 0 aliphatic heterocycles. The second-order valence-electron chi connectivity index (χ2n) is 21.6. The maximum Gasteiger partial charge on any atom is 1.00 e. The molecule has 0 bridgehead atoms. The number of hydrogen-bond donors (Lipinski definition) is 0. The Kier molecular flexibility index (Phi) is 19.4. The molecule has 0 N–H and O–H groups in total. The maximum absolute atomic E-state index is 7.66. The third-order valence-corrected chi connectivity index (χ3v) is 22.8. The summed E-state index contributed by atoms with van der Waals surface area (Å²) in [7, 11) is -2.28. The first-order chi connectivity index (χ1) is 42.6. The predicted octanol–water partition coefficient (Wildman–Crippen LogP) is 16.6. The van der Waals surface area contributed by atoms with Gasteiger partial charge in [0, 0.05) is 0 Å². The smallest absolute Gasteiger partial charge is 0.366 e. The van der Waals surface area contributed by atoms with E-state index in [1.54, 1.807) is 0 Å². The van der Waals surface area contributed by atoms with Crippen LogP contribution in [-0.2, 0) is 55.6 Å². The van der Waals surface area contributed by atoms with Crippen molar-refractivity contribution < 1.29 is 44.8 Å². The second kappa shape index (κ2) is 28.0. The zero-order valence-electron chi connectivity index (χ0n) is 48.1. The fourth-order valence-electron chi connectivity index (χ4n) is 13.3. The fraction of sp³-hybridized carbons (Fsp3) is 0.0238. The van der Waals surface area contributed by atoms with Gasteiger partial charge in [0.1, 0.15) is 47.7 Å². The Balaban J connectivity index is 0.000000136. The number of fused-ring (bicyclic) bond motifs is 6. The van der Waals surface area contributed by atoms with Crippen LogP contribution in [0.5, 0.6) is 0 Å². The monoisotopic (exact) mass is 1520 g/mol. The van der Waals surface area contributed by atoms with E-state index in [0.29, 0.717) is 0 Å². The molecule has 13 aromatic carbocycles. The Morgan fingerprint density at radius 3 is 0.852 bits per heavy atom. The molecule has 0 radical (unpaired) electrons. The van der Waals surface area contributed by atoms with Crippen molar-refractivity contribution in [2.24, 2.45) is 0 Å². The molecule has 0 amide bonds. The normalized spacial score (nSPS) is 12.3. The van der Waals surface area contributed by atoms with Gasteiger partial charge in [-0.1, -0.05) is 267 Å². The average Bonchev–Trinajstić information content (AvgIpc) is 1.56. The van der Waals surface area contributed by atoms with Crippen molar-refractivity contribution in [2.45, 2.75) is 10.8 Å². The number of hydrogen-bond acceptors (Lipinski definition) is 0. The summed E-state index contributed by atoms with van der Waals surface area (Å²) in [5.74, 6) is 5.12. The minimum absolute atomic E-state index is 0. The van der Waals surface area contributed by atoms with E-state index < -0.39 is 15.8 Å². The van der Waals surface area contributed by atoms with E-state index in [2.05, 4.69) is 352 Å². The molecule has 0 spiro atoms. The third kappa shape index (κ3) is 11.5. The topological polar surface area (TPSA) is 0 Å². The van der Waals surface area contributed by atoms with Gasteiger partial charge in [0.25, 0.3) is 0 Å². The van der Waals surface area contributed by atoms with Crippen LogP contribution in [0.25, 0.3) is 22.3 Å². The van der Waals surface area contributed by atoms with Crippen molar-refractivity contribution >= 4 is 47.7 Å². The molecule has 0 aromatic heterocycles. The van der Waals surface area contributed by atoms with Gasteiger partial charge in [-0.25, -0.2) is 0 Å². The summed E-state index contributed by atoms with van der Waals surface area (Å²) in [6.45, 7) is 0. The Morgan fingerprint density at radius 1 is 0.227 bits per heavy atom. The van der Waals surface area contributed by atoms with Crippen LogP contribution >= 0.6 is 15.8 Å². The molecule has 0 fully saturated rings. The average molecular weight is 1530 g/mol. The van der Waals surface area contributed by atoms with Gasteiger partial charge in [-0.05, 0) is 127 Å². The van der Waals surface area contributed by atoms with Crippen LogP contribution in [0.2, 0.25) is 0 Å². The molecule has 0 saturated heterocycles. The molecule has 13 aromatic rings. The molecule has 0 nitrogen and oxygen atoms in total. The zero-order chi connectivity index (χ0) is 58.1. The molecular formula is C84H60Au2P2+2. The Bertz CT molecular complexity index is 4270. The fourth-order valence-corrected chi connectivity index (χ4v) is 19.3. The number of rotatable bonds is 10. The van der Waals surface area contributed by atoms with Gasteiger partial charge in [0.05, 0.1) is 10.8 Å². The first-order valence-corrected chi connectivity index (χ1v) is 32.2. The minimum atomic E-state index is -1.14. The Labute approximate surface area is 553 Å². The van der Waals surface area contributed by atoms with Crippen molar-refractivity contribution in [3.63, 3.8) is 0 Å². The molecule has 15 rings (SSSR count). The largest absolute Gasteiger partial charge is 1.00 e. The molecule has 0 atom stereocenters. The summed E-state index contributed by atoms with van der Waals surface area (Å²) in [5, 5.41) is 8.71. The summed E-state index contributed by atoms with van der Waals surface area (Å²) >= 11 is 0. The number of benzene rings is 13. The van der Waals surface area contributed by atoms with Crippen LogP contribution in [0.15, 0.2) is 352 Å². The summed E-state index contributed by atoms with van der Waals surface area (Å²) in [6, 6.07) is 126. The van der Waals surface area contributed by atoms with Crippen molar-refractivity contribution in [1.29, 1.82) is 0 Å². The quantitative estimate of drug-likeness (QED) is 0.0554. The van der Waals surface area contributed by atoms with Crippen LogP contribution in [0.1, 0.15) is 55.6 Å². The van der Waals surface area contributed by atoms with Crippen LogP contribution < -0.4 is 31.8 Å². The van der Waals surface area contributed by atoms with Gasteiger partial charge in [-0.15, -0.1) is 35.4 Å². The van der Waals surface area contributed by atoms with Crippen LogP contribution in [-0.4, -0.2) is 0 Å². The molecular weight excluding hydrogens is 1460 g/mol. The molecule has 4 heteroatoms. The van der Waals surface area contributed by atoms with Gasteiger partial charge in [-0.2, -0.15) is 0 Å². The van der Waals surface area contributed by atoms with E-state index in [1.807, 2.05) is 12.1 Å². The molecule has 0 unspecified atom stereocenters. The van der Waals surface area contributed by atoms with Gasteiger partial charge in [0.15, 0.2) is 0 Å². The Hall–Kier alpha value is -8.68. The summed E-state index contributed by atoms with van der Waals surface area (Å²) in [4.78, 5) is 0. The molecule has 426 valence electrons. The van der Waals surface area contributed by atoms with Crippen molar-refractivity contribution in [3.8, 4) is 34.1 Å². The van der Waals surface area contributed by atoms with Gasteiger partial charge in [-0.3, -0.25) is 11.8 Å². The summed E-state index contributed by atoms with van der Waals surface area (Å²) in [5.41, 5.74) is 15.9. The van der Waals surface area contributed by atoms with Gasteiger partial charge < -0.3 is 12.8 Å². The molecule has 88 heavy (non-hydrogen) atoms.